The van der Waals surface area contributed by atoms with Crippen LogP contribution in [0.4, 0.5) is 5.13 Å². The van der Waals surface area contributed by atoms with E-state index in [2.05, 4.69) is 41.0 Å². The van der Waals surface area contributed by atoms with Crippen LogP contribution in [0.2, 0.25) is 0 Å². The standard InChI is InChI=1S/C36H45N11O9S2/c1-6-9-24(49)36(2,3)56-42-25(22-18-58-35(37)39-22)31(52)40-26-32(53)46-27(29-41-43-44-45(29)4)20(17-57-33(26)46)16-47(11-7-8-12-47)13-10-38-30(51)19-14-21(34(54)55-5)28(50)23(48)15-19/h14-15,18,26,33H,6-13,16-17H2,1-5H3,(H5-,37,38,39,40,42,43,44,48,50,51,52,54)/p+1/t26-,33-/m1/s1. The molecule has 3 aromatic rings. The summed E-state index contributed by atoms with van der Waals surface area (Å²) in [5.74, 6) is -3.21. The van der Waals surface area contributed by atoms with Crippen molar-refractivity contribution in [3.05, 3.63) is 45.7 Å². The zero-order chi connectivity index (χ0) is 41.9. The number of hydrogen-bond acceptors (Lipinski definition) is 17. The summed E-state index contributed by atoms with van der Waals surface area (Å²) in [4.78, 5) is 77.3. The number of tetrazole rings is 1. The lowest BCUT2D eigenvalue weighted by molar-refractivity contribution is -0.911. The Morgan fingerprint density at radius 3 is 2.55 bits per heavy atom. The Hall–Kier alpha value is -5.61. The number of phenolic OH excluding ortho intramolecular Hbond substituents is 2. The molecule has 3 aliphatic rings. The van der Waals surface area contributed by atoms with Gasteiger partial charge in [0.05, 0.1) is 39.0 Å². The molecule has 5 heterocycles. The molecule has 0 bridgehead atoms. The third-order valence-corrected chi connectivity index (χ3v) is 12.3. The highest BCUT2D eigenvalue weighted by Crippen LogP contribution is 2.44. The number of rotatable bonds is 16. The lowest BCUT2D eigenvalue weighted by atomic mass is 10.0. The van der Waals surface area contributed by atoms with Crippen molar-refractivity contribution >= 4 is 69.1 Å². The van der Waals surface area contributed by atoms with Crippen LogP contribution in [-0.2, 0) is 31.0 Å². The van der Waals surface area contributed by atoms with E-state index in [1.54, 1.807) is 25.8 Å². The number of phenols is 2. The van der Waals surface area contributed by atoms with Gasteiger partial charge in [0.1, 0.15) is 29.2 Å². The van der Waals surface area contributed by atoms with E-state index in [-0.39, 0.29) is 52.3 Å². The minimum Gasteiger partial charge on any atom is -0.504 e. The summed E-state index contributed by atoms with van der Waals surface area (Å²) in [7, 11) is 2.80. The molecule has 0 unspecified atom stereocenters. The number of nitrogen functional groups attached to an aromatic ring is 1. The first kappa shape index (κ1) is 42.0. The number of oxime groups is 1. The van der Waals surface area contributed by atoms with Crippen LogP contribution in [-0.4, -0.2) is 143 Å². The average molecular weight is 841 g/mol. The fourth-order valence-electron chi connectivity index (χ4n) is 7.19. The predicted molar refractivity (Wildman–Crippen MR) is 211 cm³/mol. The number of amides is 3. The predicted octanol–water partition coefficient (Wildman–Crippen LogP) is 1.17. The van der Waals surface area contributed by atoms with E-state index in [1.165, 1.54) is 21.8 Å². The van der Waals surface area contributed by atoms with Crippen molar-refractivity contribution in [2.45, 2.75) is 63.5 Å². The van der Waals surface area contributed by atoms with Gasteiger partial charge in [-0.05, 0) is 42.8 Å². The second-order valence-corrected chi connectivity index (χ2v) is 16.7. The van der Waals surface area contributed by atoms with Gasteiger partial charge < -0.3 is 40.6 Å². The maximum Gasteiger partial charge on any atom is 0.341 e. The number of likely N-dealkylation sites (tertiary alicyclic amines) is 1. The number of β-lactam (4-membered cyclic amide) rings is 1. The minimum absolute atomic E-state index is 0.0244. The number of thioether (sulfide) groups is 1. The van der Waals surface area contributed by atoms with E-state index in [4.69, 9.17) is 10.6 Å². The number of ketones is 1. The second kappa shape index (κ2) is 17.1. The lowest BCUT2D eigenvalue weighted by Gasteiger charge is -2.50. The lowest BCUT2D eigenvalue weighted by Crippen LogP contribution is -2.70. The van der Waals surface area contributed by atoms with Crippen LogP contribution in [0.15, 0.2) is 28.2 Å². The van der Waals surface area contributed by atoms with Crippen molar-refractivity contribution in [1.29, 1.82) is 0 Å². The number of Topliss-reactive ketones (excluding diaryl/α,β-unsaturated/α-hetero) is 1. The fraction of sp³-hybridized carbons (Fsp3) is 0.500. The normalized spacial score (nSPS) is 19.0. The molecular formula is C36H46N11O9S2+. The highest BCUT2D eigenvalue weighted by atomic mass is 32.2. The van der Waals surface area contributed by atoms with Gasteiger partial charge in [-0.15, -0.1) is 28.2 Å². The van der Waals surface area contributed by atoms with Gasteiger partial charge >= 0.3 is 5.97 Å². The number of nitrogens with two attached hydrogens (primary N) is 1. The number of carbonyl (C=O) groups is 5. The number of esters is 1. The maximum absolute atomic E-state index is 14.1. The van der Waals surface area contributed by atoms with E-state index >= 15 is 0 Å². The molecule has 2 atom stereocenters. The largest absolute Gasteiger partial charge is 0.504 e. The molecule has 6 rings (SSSR count). The number of hydrogen-bond donors (Lipinski definition) is 5. The number of ether oxygens (including phenoxy) is 1. The highest BCUT2D eigenvalue weighted by molar-refractivity contribution is 8.00. The van der Waals surface area contributed by atoms with Crippen molar-refractivity contribution in [1.82, 2.24) is 40.7 Å². The zero-order valence-electron chi connectivity index (χ0n) is 32.7. The first-order chi connectivity index (χ1) is 27.6. The van der Waals surface area contributed by atoms with E-state index in [0.29, 0.717) is 41.3 Å². The Kier molecular flexibility index (Phi) is 12.4. The Bertz CT molecular complexity index is 2180. The molecule has 0 aliphatic carbocycles. The fourth-order valence-corrected chi connectivity index (χ4v) is 9.08. The molecule has 1 aromatic carbocycles. The van der Waals surface area contributed by atoms with Gasteiger partial charge in [0.2, 0.25) is 0 Å². The summed E-state index contributed by atoms with van der Waals surface area (Å²) in [5, 5.41) is 43.4. The van der Waals surface area contributed by atoms with Crippen LogP contribution in [0.5, 0.6) is 11.5 Å². The second-order valence-electron chi connectivity index (χ2n) is 14.7. The number of carbonyl (C=O) groups excluding carboxylic acids is 5. The SMILES string of the molecule is CCCC(=O)C(C)(C)O/N=C(\C(=O)N[C@@H]1C(=O)N2C(c3nnnn3C)=C(C[N+]3(CCNC(=O)c4cc(O)c(O)c(C(=O)OC)c4)CCCC3)CS[C@H]12)c1csc(N)n1. The summed E-state index contributed by atoms with van der Waals surface area (Å²) in [6.45, 7) is 7.92. The van der Waals surface area contributed by atoms with Gasteiger partial charge in [0.25, 0.3) is 17.7 Å². The average Bonchev–Trinajstić information content (AvgIpc) is 3.96. The molecule has 3 aliphatic heterocycles. The van der Waals surface area contributed by atoms with Crippen molar-refractivity contribution in [3.8, 4) is 11.5 Å². The quantitative estimate of drug-likeness (QED) is 0.0339. The molecule has 6 N–H and O–H groups in total. The van der Waals surface area contributed by atoms with Crippen molar-refractivity contribution in [2.24, 2.45) is 12.2 Å². The molecule has 3 amide bonds. The Balaban J connectivity index is 1.20. The van der Waals surface area contributed by atoms with Crippen LogP contribution >= 0.6 is 23.1 Å². The molecular weight excluding hydrogens is 795 g/mol. The molecule has 2 aromatic heterocycles. The smallest absolute Gasteiger partial charge is 0.341 e. The number of benzene rings is 1. The number of aromatic nitrogens is 5. The van der Waals surface area contributed by atoms with E-state index in [1.807, 2.05) is 6.92 Å². The molecule has 58 heavy (non-hydrogen) atoms. The number of methoxy groups -OCH3 is 1. The third-order valence-electron chi connectivity index (χ3n) is 10.3. The summed E-state index contributed by atoms with van der Waals surface area (Å²) in [6.07, 6.45) is 2.78. The molecule has 310 valence electrons. The summed E-state index contributed by atoms with van der Waals surface area (Å²) in [5.41, 5.74) is 5.56. The van der Waals surface area contributed by atoms with Gasteiger partial charge in [-0.25, -0.2) is 14.5 Å². The number of fused-ring (bicyclic) bond motifs is 1. The van der Waals surface area contributed by atoms with Crippen molar-refractivity contribution in [3.63, 3.8) is 0 Å². The molecule has 22 heteroatoms. The number of nitrogens with zero attached hydrogens (tertiary/aromatic N) is 8. The Morgan fingerprint density at radius 2 is 1.91 bits per heavy atom. The molecule has 20 nitrogen and oxygen atoms in total. The molecule has 2 fully saturated rings. The molecule has 0 spiro atoms. The topological polar surface area (TPSA) is 266 Å². The number of aromatic hydroxyl groups is 2. The number of nitrogens with one attached hydrogen (secondary N) is 2. The monoisotopic (exact) mass is 840 g/mol. The van der Waals surface area contributed by atoms with Gasteiger partial charge in [-0.2, -0.15) is 0 Å². The van der Waals surface area contributed by atoms with E-state index in [0.717, 1.165) is 62.1 Å². The van der Waals surface area contributed by atoms with Crippen LogP contribution < -0.4 is 16.4 Å². The van der Waals surface area contributed by atoms with Gasteiger partial charge in [-0.1, -0.05) is 12.1 Å². The zero-order valence-corrected chi connectivity index (χ0v) is 34.3. The highest BCUT2D eigenvalue weighted by Gasteiger charge is 2.55. The minimum atomic E-state index is -1.32. The van der Waals surface area contributed by atoms with E-state index in [9.17, 15) is 34.2 Å². The third kappa shape index (κ3) is 8.48. The number of thiazole rings is 1. The van der Waals surface area contributed by atoms with Crippen LogP contribution in [0.25, 0.3) is 5.70 Å². The first-order valence-corrected chi connectivity index (χ1v) is 20.5. The summed E-state index contributed by atoms with van der Waals surface area (Å²) >= 11 is 2.58. The van der Waals surface area contributed by atoms with Crippen molar-refractivity contribution in [2.75, 3.05) is 51.3 Å². The molecule has 2 saturated heterocycles. The maximum atomic E-state index is 14.1. The summed E-state index contributed by atoms with van der Waals surface area (Å²) in [6, 6.07) is 1.29. The van der Waals surface area contributed by atoms with E-state index < -0.39 is 46.3 Å². The van der Waals surface area contributed by atoms with Crippen LogP contribution in [0, 0.1) is 0 Å². The number of quaternary nitrogens is 1. The van der Waals surface area contributed by atoms with Crippen molar-refractivity contribution < 1.29 is 48.2 Å². The van der Waals surface area contributed by atoms with Gasteiger partial charge in [0.15, 0.2) is 39.6 Å². The van der Waals surface area contributed by atoms with Crippen LogP contribution in [0.1, 0.15) is 78.7 Å². The van der Waals surface area contributed by atoms with Gasteiger partial charge in [-0.3, -0.25) is 24.1 Å². The van der Waals surface area contributed by atoms with Crippen LogP contribution in [0.3, 0.4) is 0 Å². The number of anilines is 1. The first-order valence-electron chi connectivity index (χ1n) is 18.6. The van der Waals surface area contributed by atoms with Gasteiger partial charge in [0, 0.05) is 48.6 Å². The Labute approximate surface area is 341 Å². The molecule has 0 radical (unpaired) electrons. The number of aryl methyl sites for hydroxylation is 1. The molecule has 0 saturated carbocycles. The Morgan fingerprint density at radius 1 is 1.17 bits per heavy atom. The summed E-state index contributed by atoms with van der Waals surface area (Å²) < 4.78 is 6.74.